The van der Waals surface area contributed by atoms with Crippen LogP contribution in [-0.2, 0) is 10.0 Å². The summed E-state index contributed by atoms with van der Waals surface area (Å²) in [4.78, 5) is 1.84. The van der Waals surface area contributed by atoms with E-state index in [2.05, 4.69) is 0 Å². The molecule has 0 bridgehead atoms. The minimum atomic E-state index is -3.78. The van der Waals surface area contributed by atoms with Crippen LogP contribution in [0.3, 0.4) is 0 Å². The van der Waals surface area contributed by atoms with Crippen LogP contribution >= 0.6 is 23.2 Å². The summed E-state index contributed by atoms with van der Waals surface area (Å²) < 4.78 is 27.1. The van der Waals surface area contributed by atoms with Gasteiger partial charge in [-0.2, -0.15) is 4.31 Å². The highest BCUT2D eigenvalue weighted by atomic mass is 35.5. The number of nitrogens with zero attached hydrogens (tertiary/aromatic N) is 2. The molecular weight excluding hydrogens is 333 g/mol. The highest BCUT2D eigenvalue weighted by Gasteiger charge is 2.31. The number of sulfonamides is 1. The van der Waals surface area contributed by atoms with Crippen molar-refractivity contribution in [3.8, 4) is 0 Å². The van der Waals surface area contributed by atoms with E-state index in [4.69, 9.17) is 28.9 Å². The lowest BCUT2D eigenvalue weighted by atomic mass is 10.3. The van der Waals surface area contributed by atoms with Crippen molar-refractivity contribution in [3.05, 3.63) is 22.2 Å². The molecule has 1 unspecified atom stereocenters. The summed E-state index contributed by atoms with van der Waals surface area (Å²) in [6.07, 6.45) is 0. The molecule has 0 aliphatic heterocycles. The summed E-state index contributed by atoms with van der Waals surface area (Å²) in [6.45, 7) is 4.55. The molecule has 0 amide bonds. The Kier molecular flexibility index (Phi) is 6.31. The monoisotopic (exact) mass is 353 g/mol. The third-order valence-electron chi connectivity index (χ3n) is 3.04. The van der Waals surface area contributed by atoms with Crippen molar-refractivity contribution in [1.29, 1.82) is 0 Å². The fraction of sp³-hybridized carbons (Fsp3) is 0.538. The third-order valence-corrected chi connectivity index (χ3v) is 5.87. The molecule has 21 heavy (non-hydrogen) atoms. The molecule has 0 spiro atoms. The fourth-order valence-electron chi connectivity index (χ4n) is 2.31. The average molecular weight is 354 g/mol. The Morgan fingerprint density at radius 3 is 2.29 bits per heavy atom. The largest absolute Gasteiger partial charge is 0.398 e. The van der Waals surface area contributed by atoms with Crippen LogP contribution in [0.4, 0.5) is 5.69 Å². The lowest BCUT2D eigenvalue weighted by Gasteiger charge is -2.29. The molecule has 0 radical (unpaired) electrons. The second-order valence-electron chi connectivity index (χ2n) is 5.13. The summed E-state index contributed by atoms with van der Waals surface area (Å²) in [5.41, 5.74) is 5.88. The van der Waals surface area contributed by atoms with Crippen LogP contribution in [0.2, 0.25) is 10.0 Å². The van der Waals surface area contributed by atoms with E-state index < -0.39 is 10.0 Å². The van der Waals surface area contributed by atoms with Gasteiger partial charge in [0, 0.05) is 24.2 Å². The first-order chi connectivity index (χ1) is 9.61. The van der Waals surface area contributed by atoms with Gasteiger partial charge in [-0.1, -0.05) is 30.1 Å². The molecule has 2 N–H and O–H groups in total. The van der Waals surface area contributed by atoms with Gasteiger partial charge in [-0.15, -0.1) is 0 Å². The van der Waals surface area contributed by atoms with E-state index >= 15 is 0 Å². The molecule has 0 aromatic heterocycles. The number of rotatable bonds is 6. The van der Waals surface area contributed by atoms with Crippen LogP contribution < -0.4 is 5.73 Å². The van der Waals surface area contributed by atoms with Crippen LogP contribution in [-0.4, -0.2) is 50.8 Å². The Morgan fingerprint density at radius 1 is 1.29 bits per heavy atom. The van der Waals surface area contributed by atoms with Crippen molar-refractivity contribution in [3.63, 3.8) is 0 Å². The van der Waals surface area contributed by atoms with Gasteiger partial charge < -0.3 is 10.6 Å². The number of likely N-dealkylation sites (N-methyl/N-ethyl adjacent to an activating group) is 2. The first-order valence-electron chi connectivity index (χ1n) is 6.52. The molecule has 0 heterocycles. The normalized spacial score (nSPS) is 13.9. The molecule has 0 aliphatic carbocycles. The zero-order chi connectivity index (χ0) is 16.4. The Bertz CT molecular complexity index is 582. The van der Waals surface area contributed by atoms with Gasteiger partial charge >= 0.3 is 0 Å². The first-order valence-corrected chi connectivity index (χ1v) is 8.72. The van der Waals surface area contributed by atoms with Crippen molar-refractivity contribution in [2.45, 2.75) is 24.8 Å². The third kappa shape index (κ3) is 4.23. The lowest BCUT2D eigenvalue weighted by molar-refractivity contribution is 0.271. The molecule has 0 fully saturated rings. The number of hydrogen-bond acceptors (Lipinski definition) is 4. The van der Waals surface area contributed by atoms with E-state index in [0.717, 1.165) is 0 Å². The van der Waals surface area contributed by atoms with Crippen molar-refractivity contribution in [2.75, 3.05) is 32.9 Å². The summed E-state index contributed by atoms with van der Waals surface area (Å²) in [6, 6.07) is 2.57. The van der Waals surface area contributed by atoms with Gasteiger partial charge in [0.1, 0.15) is 4.90 Å². The van der Waals surface area contributed by atoms with Crippen molar-refractivity contribution in [1.82, 2.24) is 9.21 Å². The van der Waals surface area contributed by atoms with Crippen LogP contribution in [0.1, 0.15) is 13.8 Å². The lowest BCUT2D eigenvalue weighted by Crippen LogP contribution is -2.43. The van der Waals surface area contributed by atoms with E-state index in [1.165, 1.54) is 16.4 Å². The van der Waals surface area contributed by atoms with Crippen molar-refractivity contribution >= 4 is 38.9 Å². The molecule has 1 aromatic rings. The summed E-state index contributed by atoms with van der Waals surface area (Å²) in [5.74, 6) is 0. The van der Waals surface area contributed by atoms with E-state index in [9.17, 15) is 8.42 Å². The topological polar surface area (TPSA) is 66.6 Å². The van der Waals surface area contributed by atoms with Gasteiger partial charge in [-0.3, -0.25) is 0 Å². The maximum Gasteiger partial charge on any atom is 0.246 e. The van der Waals surface area contributed by atoms with E-state index in [0.29, 0.717) is 18.1 Å². The van der Waals surface area contributed by atoms with Crippen LogP contribution in [0.15, 0.2) is 17.0 Å². The van der Waals surface area contributed by atoms with Crippen LogP contribution in [0.25, 0.3) is 0 Å². The molecule has 5 nitrogen and oxygen atoms in total. The zero-order valence-corrected chi connectivity index (χ0v) is 14.9. The predicted octanol–water partition coefficient (Wildman–Crippen LogP) is 2.54. The number of benzene rings is 1. The van der Waals surface area contributed by atoms with Gasteiger partial charge in [0.15, 0.2) is 0 Å². The number of anilines is 1. The minimum absolute atomic E-state index is 0.0375. The summed E-state index contributed by atoms with van der Waals surface area (Å²) in [7, 11) is -0.00407. The SMILES string of the molecule is CCN(C(C)CN(C)C)S(=O)(=O)c1c(N)cc(Cl)cc1Cl. The molecule has 1 atom stereocenters. The Morgan fingerprint density at radius 2 is 1.86 bits per heavy atom. The average Bonchev–Trinajstić information content (AvgIpc) is 2.25. The molecule has 1 rings (SSSR count). The maximum absolute atomic E-state index is 12.8. The second kappa shape index (κ2) is 7.15. The number of hydrogen-bond donors (Lipinski definition) is 1. The number of halogens is 2. The van der Waals surface area contributed by atoms with Gasteiger partial charge in [0.05, 0.1) is 10.7 Å². The number of nitrogen functional groups attached to an aromatic ring is 1. The molecule has 8 heteroatoms. The Balaban J connectivity index is 3.32. The van der Waals surface area contributed by atoms with Crippen LogP contribution in [0.5, 0.6) is 0 Å². The second-order valence-corrected chi connectivity index (χ2v) is 7.80. The molecule has 1 aromatic carbocycles. The minimum Gasteiger partial charge on any atom is -0.398 e. The highest BCUT2D eigenvalue weighted by molar-refractivity contribution is 7.89. The molecule has 0 saturated carbocycles. The van der Waals surface area contributed by atoms with Gasteiger partial charge in [0.25, 0.3) is 0 Å². The Labute approximate surface area is 136 Å². The molecular formula is C13H21Cl2N3O2S. The highest BCUT2D eigenvalue weighted by Crippen LogP contribution is 2.33. The van der Waals surface area contributed by atoms with E-state index in [-0.39, 0.29) is 21.6 Å². The first kappa shape index (κ1) is 18.5. The maximum atomic E-state index is 12.8. The standard InChI is InChI=1S/C13H21Cl2N3O2S/c1-5-18(9(2)8-17(3)4)21(19,20)13-11(15)6-10(14)7-12(13)16/h6-7,9H,5,8,16H2,1-4H3. The van der Waals surface area contributed by atoms with Gasteiger partial charge in [0.2, 0.25) is 10.0 Å². The zero-order valence-electron chi connectivity index (χ0n) is 12.6. The molecule has 0 aliphatic rings. The van der Waals surface area contributed by atoms with Gasteiger partial charge in [-0.25, -0.2) is 8.42 Å². The Hall–Kier alpha value is -0.530. The smallest absolute Gasteiger partial charge is 0.246 e. The van der Waals surface area contributed by atoms with Crippen molar-refractivity contribution in [2.24, 2.45) is 0 Å². The number of nitrogens with two attached hydrogens (primary N) is 1. The fourth-order valence-corrected chi connectivity index (χ4v) is 4.89. The van der Waals surface area contributed by atoms with Gasteiger partial charge in [-0.05, 0) is 33.2 Å². The van der Waals surface area contributed by atoms with Crippen molar-refractivity contribution < 1.29 is 8.42 Å². The molecule has 120 valence electrons. The quantitative estimate of drug-likeness (QED) is 0.798. The molecule has 0 saturated heterocycles. The van der Waals surface area contributed by atoms with Crippen LogP contribution in [0, 0.1) is 0 Å². The van der Waals surface area contributed by atoms with E-state index in [1.807, 2.05) is 25.9 Å². The van der Waals surface area contributed by atoms with E-state index in [1.54, 1.807) is 6.92 Å². The predicted molar refractivity (Wildman–Crippen MR) is 88.5 cm³/mol. The summed E-state index contributed by atoms with van der Waals surface area (Å²) in [5, 5.41) is 0.344. The summed E-state index contributed by atoms with van der Waals surface area (Å²) >= 11 is 11.9.